The molecule has 9 heteroatoms. The maximum Gasteiger partial charge on any atom is 0.263 e. The molecule has 0 amide bonds. The summed E-state index contributed by atoms with van der Waals surface area (Å²) in [6, 6.07) is 17.0. The van der Waals surface area contributed by atoms with Gasteiger partial charge in [-0.05, 0) is 42.5 Å². The van der Waals surface area contributed by atoms with Gasteiger partial charge >= 0.3 is 0 Å². The minimum atomic E-state index is -3.93. The Balaban J connectivity index is 1.89. The van der Waals surface area contributed by atoms with Gasteiger partial charge in [-0.3, -0.25) is 4.72 Å². The van der Waals surface area contributed by atoms with Crippen LogP contribution in [0.2, 0.25) is 5.02 Å². The second-order valence-corrected chi connectivity index (χ2v) is 7.54. The third-order valence-electron chi connectivity index (χ3n) is 3.57. The molecule has 0 atom stereocenters. The van der Waals surface area contributed by atoms with Crippen LogP contribution in [0.4, 0.5) is 5.82 Å². The summed E-state index contributed by atoms with van der Waals surface area (Å²) in [4.78, 5) is 3.80. The summed E-state index contributed by atoms with van der Waals surface area (Å²) in [5.74, 6) is 0.622. The van der Waals surface area contributed by atoms with E-state index in [9.17, 15) is 13.7 Å². The van der Waals surface area contributed by atoms with Crippen molar-refractivity contribution in [2.75, 3.05) is 4.72 Å². The number of hydrogen-bond acceptors (Lipinski definition) is 6. The third kappa shape index (κ3) is 4.21. The predicted molar refractivity (Wildman–Crippen MR) is 102 cm³/mol. The number of halogens is 1. The van der Waals surface area contributed by atoms with Gasteiger partial charge in [0.2, 0.25) is 0 Å². The summed E-state index contributed by atoms with van der Waals surface area (Å²) in [7, 11) is -3.93. The standard InChI is InChI=1S/C19H11ClN4O3S/c20-17-10-15(5-4-13(17)11-21)27-18-7-6-16(9-14(18)12-22)28(25,26)24-19-3-1-2-8-23-19/h1-10H,(H,23,24). The first kappa shape index (κ1) is 19.2. The molecule has 3 rings (SSSR count). The van der Waals surface area contributed by atoms with Crippen molar-refractivity contribution >= 4 is 27.4 Å². The van der Waals surface area contributed by atoms with Crippen molar-refractivity contribution in [3.05, 3.63) is 76.9 Å². The number of pyridine rings is 1. The molecule has 138 valence electrons. The molecule has 0 aliphatic carbocycles. The number of nitriles is 2. The van der Waals surface area contributed by atoms with Crippen LogP contribution in [0.1, 0.15) is 11.1 Å². The minimum Gasteiger partial charge on any atom is -0.456 e. The molecule has 0 aliphatic rings. The molecule has 7 nitrogen and oxygen atoms in total. The van der Waals surface area contributed by atoms with Crippen LogP contribution < -0.4 is 9.46 Å². The van der Waals surface area contributed by atoms with E-state index in [0.717, 1.165) is 0 Å². The van der Waals surface area contributed by atoms with Gasteiger partial charge in [0.1, 0.15) is 29.5 Å². The van der Waals surface area contributed by atoms with Crippen LogP contribution in [0.5, 0.6) is 11.5 Å². The summed E-state index contributed by atoms with van der Waals surface area (Å²) in [6.07, 6.45) is 1.46. The fourth-order valence-corrected chi connectivity index (χ4v) is 3.50. The first-order valence-electron chi connectivity index (χ1n) is 7.78. The topological polar surface area (TPSA) is 116 Å². The molecule has 0 saturated carbocycles. The first-order chi connectivity index (χ1) is 13.4. The van der Waals surface area contributed by atoms with E-state index in [4.69, 9.17) is 21.6 Å². The molecular weight excluding hydrogens is 400 g/mol. The molecule has 0 radical (unpaired) electrons. The Morgan fingerprint density at radius 3 is 2.43 bits per heavy atom. The van der Waals surface area contributed by atoms with E-state index in [1.54, 1.807) is 12.1 Å². The fraction of sp³-hybridized carbons (Fsp3) is 0. The molecule has 1 aromatic heterocycles. The molecule has 2 aromatic carbocycles. The van der Waals surface area contributed by atoms with E-state index in [1.165, 1.54) is 48.7 Å². The fourth-order valence-electron chi connectivity index (χ4n) is 2.25. The Kier molecular flexibility index (Phi) is 5.46. The van der Waals surface area contributed by atoms with Gasteiger partial charge in [-0.15, -0.1) is 0 Å². The number of nitrogens with one attached hydrogen (secondary N) is 1. The van der Waals surface area contributed by atoms with E-state index in [-0.39, 0.29) is 32.6 Å². The Bertz CT molecular complexity index is 1220. The van der Waals surface area contributed by atoms with Crippen LogP contribution in [0.15, 0.2) is 65.7 Å². The monoisotopic (exact) mass is 410 g/mol. The molecule has 0 spiro atoms. The van der Waals surface area contributed by atoms with E-state index < -0.39 is 10.0 Å². The van der Waals surface area contributed by atoms with E-state index in [2.05, 4.69) is 9.71 Å². The lowest BCUT2D eigenvalue weighted by molar-refractivity contribution is 0.480. The SMILES string of the molecule is N#Cc1ccc(Oc2ccc(S(=O)(=O)Nc3ccccn3)cc2C#N)cc1Cl. The first-order valence-corrected chi connectivity index (χ1v) is 9.64. The summed E-state index contributed by atoms with van der Waals surface area (Å²) >= 11 is 5.97. The van der Waals surface area contributed by atoms with Crippen molar-refractivity contribution in [2.24, 2.45) is 0 Å². The van der Waals surface area contributed by atoms with Gasteiger partial charge in [0.05, 0.1) is 21.0 Å². The highest BCUT2D eigenvalue weighted by atomic mass is 35.5. The normalized spacial score (nSPS) is 10.5. The summed E-state index contributed by atoms with van der Waals surface area (Å²) in [5, 5.41) is 18.5. The van der Waals surface area contributed by atoms with Gasteiger partial charge in [0.15, 0.2) is 0 Å². The molecule has 0 fully saturated rings. The molecular formula is C19H11ClN4O3S. The van der Waals surface area contributed by atoms with Crippen LogP contribution >= 0.6 is 11.6 Å². The van der Waals surface area contributed by atoms with Crippen molar-refractivity contribution in [3.8, 4) is 23.6 Å². The summed E-state index contributed by atoms with van der Waals surface area (Å²) < 4.78 is 33.0. The van der Waals surface area contributed by atoms with E-state index >= 15 is 0 Å². The van der Waals surface area contributed by atoms with Gasteiger partial charge in [-0.25, -0.2) is 13.4 Å². The molecule has 1 N–H and O–H groups in total. The molecule has 0 bridgehead atoms. The van der Waals surface area contributed by atoms with Crippen LogP contribution in [-0.4, -0.2) is 13.4 Å². The zero-order valence-electron chi connectivity index (χ0n) is 14.1. The zero-order valence-corrected chi connectivity index (χ0v) is 15.7. The molecule has 0 saturated heterocycles. The summed E-state index contributed by atoms with van der Waals surface area (Å²) in [6.45, 7) is 0. The lowest BCUT2D eigenvalue weighted by Crippen LogP contribution is -2.14. The third-order valence-corrected chi connectivity index (χ3v) is 5.24. The van der Waals surface area contributed by atoms with E-state index in [1.807, 2.05) is 12.1 Å². The predicted octanol–water partition coefficient (Wildman–Crippen LogP) is 4.07. The smallest absolute Gasteiger partial charge is 0.263 e. The number of nitrogens with zero attached hydrogens (tertiary/aromatic N) is 3. The van der Waals surface area contributed by atoms with Crippen molar-refractivity contribution in [3.63, 3.8) is 0 Å². The Morgan fingerprint density at radius 1 is 1.00 bits per heavy atom. The second kappa shape index (κ2) is 7.97. The van der Waals surface area contributed by atoms with Gasteiger partial charge in [-0.2, -0.15) is 10.5 Å². The summed E-state index contributed by atoms with van der Waals surface area (Å²) in [5.41, 5.74) is 0.306. The molecule has 28 heavy (non-hydrogen) atoms. The Morgan fingerprint density at radius 2 is 1.79 bits per heavy atom. The minimum absolute atomic E-state index is 0.0179. The van der Waals surface area contributed by atoms with Crippen LogP contribution in [0.3, 0.4) is 0 Å². The number of aromatic nitrogens is 1. The van der Waals surface area contributed by atoms with Crippen LogP contribution in [0, 0.1) is 22.7 Å². The van der Waals surface area contributed by atoms with Crippen LogP contribution in [0.25, 0.3) is 0 Å². The second-order valence-electron chi connectivity index (χ2n) is 5.45. The average Bonchev–Trinajstić information content (AvgIpc) is 2.69. The van der Waals surface area contributed by atoms with Crippen molar-refractivity contribution < 1.29 is 13.2 Å². The van der Waals surface area contributed by atoms with Crippen molar-refractivity contribution in [2.45, 2.75) is 4.90 Å². The quantitative estimate of drug-likeness (QED) is 0.677. The highest BCUT2D eigenvalue weighted by Crippen LogP contribution is 2.30. The highest BCUT2D eigenvalue weighted by Gasteiger charge is 2.18. The van der Waals surface area contributed by atoms with Gasteiger partial charge in [0, 0.05) is 12.3 Å². The van der Waals surface area contributed by atoms with Crippen molar-refractivity contribution in [1.82, 2.24) is 4.98 Å². The largest absolute Gasteiger partial charge is 0.456 e. The lowest BCUT2D eigenvalue weighted by Gasteiger charge is -2.11. The number of ether oxygens (including phenoxy) is 1. The van der Waals surface area contributed by atoms with Gasteiger partial charge < -0.3 is 4.74 Å². The number of hydrogen-bond donors (Lipinski definition) is 1. The maximum absolute atomic E-state index is 12.5. The lowest BCUT2D eigenvalue weighted by atomic mass is 10.2. The molecule has 3 aromatic rings. The maximum atomic E-state index is 12.5. The Hall–Kier alpha value is -3.59. The van der Waals surface area contributed by atoms with E-state index in [0.29, 0.717) is 5.75 Å². The van der Waals surface area contributed by atoms with Crippen LogP contribution in [-0.2, 0) is 10.0 Å². The Labute approximate surface area is 166 Å². The molecule has 1 heterocycles. The molecule has 0 aliphatic heterocycles. The van der Waals surface area contributed by atoms with Crippen molar-refractivity contribution in [1.29, 1.82) is 10.5 Å². The van der Waals surface area contributed by atoms with Gasteiger partial charge in [0.25, 0.3) is 10.0 Å². The number of sulfonamides is 1. The van der Waals surface area contributed by atoms with Gasteiger partial charge in [-0.1, -0.05) is 17.7 Å². The average molecular weight is 411 g/mol. The number of benzene rings is 2. The highest BCUT2D eigenvalue weighted by molar-refractivity contribution is 7.92. The number of rotatable bonds is 5. The number of anilines is 1. The zero-order chi connectivity index (χ0) is 20.1. The molecule has 0 unspecified atom stereocenters.